The number of methoxy groups -OCH3 is 1. The van der Waals surface area contributed by atoms with Crippen LogP contribution in [0.5, 0.6) is 11.6 Å². The standard InChI is InChI=1S/C36H42N2O4/c1-23(35(39)40)34(25-5-6-25)28-7-4-24-9-11-31(42-32(24)19-28)27-8-10-30(26-12-16-37-33(20-26)41-2)29(18-27)21-38-17-3-13-36(22-38)14-15-36/h4,7-8,10,12,16,18-20,23,25,31,34H,3,5-6,9,11,13-15,17,21-22H2,1-2H3,(H,39,40)/t23-,31-,34?/m0/s1. The van der Waals surface area contributed by atoms with Gasteiger partial charge in [0, 0.05) is 25.4 Å². The molecule has 42 heavy (non-hydrogen) atoms. The van der Waals surface area contributed by atoms with Gasteiger partial charge in [-0.1, -0.05) is 37.3 Å². The molecule has 2 saturated carbocycles. The van der Waals surface area contributed by atoms with Crippen LogP contribution in [0, 0.1) is 17.3 Å². The first-order valence-electron chi connectivity index (χ1n) is 15.8. The highest BCUT2D eigenvalue weighted by molar-refractivity contribution is 5.71. The fourth-order valence-corrected chi connectivity index (χ4v) is 7.59. The minimum absolute atomic E-state index is 0.0278. The first-order valence-corrected chi connectivity index (χ1v) is 15.8. The van der Waals surface area contributed by atoms with Crippen LogP contribution in [-0.2, 0) is 17.8 Å². The lowest BCUT2D eigenvalue weighted by atomic mass is 9.82. The van der Waals surface area contributed by atoms with Crippen LogP contribution in [0.25, 0.3) is 11.1 Å². The van der Waals surface area contributed by atoms with E-state index in [4.69, 9.17) is 9.47 Å². The average molecular weight is 567 g/mol. The number of aryl methyl sites for hydroxylation is 1. The molecule has 3 fully saturated rings. The smallest absolute Gasteiger partial charge is 0.306 e. The molecule has 7 rings (SSSR count). The van der Waals surface area contributed by atoms with Gasteiger partial charge in [-0.05, 0) is 121 Å². The van der Waals surface area contributed by atoms with E-state index in [1.807, 2.05) is 19.2 Å². The van der Waals surface area contributed by atoms with Crippen LogP contribution in [-0.4, -0.2) is 41.2 Å². The quantitative estimate of drug-likeness (QED) is 0.291. The molecule has 1 aromatic heterocycles. The van der Waals surface area contributed by atoms with Gasteiger partial charge in [0.05, 0.1) is 13.0 Å². The van der Waals surface area contributed by atoms with Gasteiger partial charge in [0.15, 0.2) is 0 Å². The minimum atomic E-state index is -0.718. The maximum absolute atomic E-state index is 11.9. The molecule has 1 N–H and O–H groups in total. The maximum Gasteiger partial charge on any atom is 0.306 e. The Labute approximate surface area is 249 Å². The molecule has 1 unspecified atom stereocenters. The zero-order chi connectivity index (χ0) is 28.8. The molecular formula is C36H42N2O4. The Kier molecular flexibility index (Phi) is 7.21. The number of hydrogen-bond acceptors (Lipinski definition) is 5. The number of benzene rings is 2. The number of likely N-dealkylation sites (tertiary alicyclic amines) is 1. The zero-order valence-electron chi connectivity index (χ0n) is 24.9. The van der Waals surface area contributed by atoms with Crippen molar-refractivity contribution in [3.63, 3.8) is 0 Å². The largest absolute Gasteiger partial charge is 0.485 e. The monoisotopic (exact) mass is 566 g/mol. The van der Waals surface area contributed by atoms with E-state index in [1.165, 1.54) is 54.5 Å². The molecule has 0 radical (unpaired) electrons. The van der Waals surface area contributed by atoms with E-state index in [-0.39, 0.29) is 12.0 Å². The molecule has 0 bridgehead atoms. The lowest BCUT2D eigenvalue weighted by Gasteiger charge is -2.34. The van der Waals surface area contributed by atoms with Gasteiger partial charge in [0.1, 0.15) is 11.9 Å². The van der Waals surface area contributed by atoms with E-state index < -0.39 is 11.9 Å². The van der Waals surface area contributed by atoms with E-state index in [0.717, 1.165) is 55.6 Å². The number of carboxylic acids is 1. The number of ether oxygens (including phenoxy) is 2. The molecule has 2 aliphatic heterocycles. The van der Waals surface area contributed by atoms with Crippen LogP contribution in [0.4, 0.5) is 0 Å². The summed E-state index contributed by atoms with van der Waals surface area (Å²) in [7, 11) is 1.66. The van der Waals surface area contributed by atoms with E-state index in [0.29, 0.717) is 17.2 Å². The number of aliphatic carboxylic acids is 1. The van der Waals surface area contributed by atoms with Crippen LogP contribution in [0.2, 0.25) is 0 Å². The van der Waals surface area contributed by atoms with Crippen molar-refractivity contribution in [1.29, 1.82) is 0 Å². The van der Waals surface area contributed by atoms with Crippen molar-refractivity contribution in [2.75, 3.05) is 20.2 Å². The highest BCUT2D eigenvalue weighted by Crippen LogP contribution is 2.52. The third kappa shape index (κ3) is 5.54. The van der Waals surface area contributed by atoms with E-state index in [1.54, 1.807) is 7.11 Å². The second-order valence-electron chi connectivity index (χ2n) is 13.3. The zero-order valence-corrected chi connectivity index (χ0v) is 24.9. The molecular weight excluding hydrogens is 524 g/mol. The van der Waals surface area contributed by atoms with Crippen LogP contribution < -0.4 is 9.47 Å². The third-order valence-corrected chi connectivity index (χ3v) is 10.3. The van der Waals surface area contributed by atoms with Crippen molar-refractivity contribution in [3.8, 4) is 22.8 Å². The summed E-state index contributed by atoms with van der Waals surface area (Å²) >= 11 is 0. The molecule has 220 valence electrons. The SMILES string of the molecule is COc1cc(-c2ccc([C@@H]3CCc4ccc(C(C5CC5)[C@H](C)C(=O)O)cc4O3)cc2CN2CCCC3(CC3)C2)ccn1. The van der Waals surface area contributed by atoms with E-state index in [2.05, 4.69) is 52.3 Å². The molecule has 4 aliphatic rings. The summed E-state index contributed by atoms with van der Waals surface area (Å²) in [5.74, 6) is 0.926. The van der Waals surface area contributed by atoms with Crippen molar-refractivity contribution in [1.82, 2.24) is 9.88 Å². The Morgan fingerprint density at radius 2 is 1.98 bits per heavy atom. The summed E-state index contributed by atoms with van der Waals surface area (Å²) in [6, 6.07) is 17.4. The normalized spacial score (nSPS) is 22.6. The molecule has 3 heterocycles. The topological polar surface area (TPSA) is 71.9 Å². The summed E-state index contributed by atoms with van der Waals surface area (Å²) < 4.78 is 12.2. The Hall–Kier alpha value is -3.38. The number of rotatable bonds is 9. The van der Waals surface area contributed by atoms with Gasteiger partial charge in [-0.3, -0.25) is 9.69 Å². The second-order valence-corrected chi connectivity index (χ2v) is 13.3. The number of carbonyl (C=O) groups is 1. The molecule has 1 spiro atoms. The van der Waals surface area contributed by atoms with Crippen molar-refractivity contribution in [3.05, 3.63) is 77.0 Å². The molecule has 6 nitrogen and oxygen atoms in total. The summed E-state index contributed by atoms with van der Waals surface area (Å²) in [5.41, 5.74) is 7.78. The van der Waals surface area contributed by atoms with Gasteiger partial charge in [-0.15, -0.1) is 0 Å². The van der Waals surface area contributed by atoms with Gasteiger partial charge < -0.3 is 14.6 Å². The van der Waals surface area contributed by atoms with Gasteiger partial charge in [0.2, 0.25) is 5.88 Å². The fraction of sp³-hybridized carbons (Fsp3) is 0.500. The summed E-state index contributed by atoms with van der Waals surface area (Å²) in [5, 5.41) is 9.78. The van der Waals surface area contributed by atoms with Crippen molar-refractivity contribution in [2.24, 2.45) is 17.3 Å². The Morgan fingerprint density at radius 1 is 1.12 bits per heavy atom. The predicted octanol–water partition coefficient (Wildman–Crippen LogP) is 7.41. The number of pyridine rings is 1. The Balaban J connectivity index is 1.18. The van der Waals surface area contributed by atoms with E-state index in [9.17, 15) is 9.90 Å². The maximum atomic E-state index is 11.9. The van der Waals surface area contributed by atoms with Crippen molar-refractivity contribution >= 4 is 5.97 Å². The summed E-state index contributed by atoms with van der Waals surface area (Å²) in [4.78, 5) is 18.9. The second kappa shape index (κ2) is 11.0. The first-order chi connectivity index (χ1) is 20.4. The molecule has 3 aromatic rings. The minimum Gasteiger partial charge on any atom is -0.485 e. The fourth-order valence-electron chi connectivity index (χ4n) is 7.59. The van der Waals surface area contributed by atoms with Crippen molar-refractivity contribution in [2.45, 2.75) is 76.9 Å². The number of fused-ring (bicyclic) bond motifs is 1. The summed E-state index contributed by atoms with van der Waals surface area (Å²) in [6.45, 7) is 5.13. The summed E-state index contributed by atoms with van der Waals surface area (Å²) in [6.07, 6.45) is 11.3. The number of piperidine rings is 1. The number of carboxylic acid groups (broad SMARTS) is 1. The highest BCUT2D eigenvalue weighted by Gasteiger charge is 2.45. The van der Waals surface area contributed by atoms with Crippen LogP contribution >= 0.6 is 0 Å². The van der Waals surface area contributed by atoms with E-state index >= 15 is 0 Å². The first kappa shape index (κ1) is 27.5. The highest BCUT2D eigenvalue weighted by atomic mass is 16.5. The van der Waals surface area contributed by atoms with Crippen LogP contribution in [0.3, 0.4) is 0 Å². The van der Waals surface area contributed by atoms with Gasteiger partial charge in [-0.25, -0.2) is 4.98 Å². The number of hydrogen-bond donors (Lipinski definition) is 1. The Bertz CT molecular complexity index is 1480. The molecule has 2 aliphatic carbocycles. The molecule has 0 amide bonds. The van der Waals surface area contributed by atoms with Gasteiger partial charge >= 0.3 is 5.97 Å². The molecule has 6 heteroatoms. The predicted molar refractivity (Wildman–Crippen MR) is 163 cm³/mol. The molecule has 3 atom stereocenters. The van der Waals surface area contributed by atoms with Crippen molar-refractivity contribution < 1.29 is 19.4 Å². The average Bonchev–Trinajstić information content (AvgIpc) is 3.96. The molecule has 2 aromatic carbocycles. The third-order valence-electron chi connectivity index (χ3n) is 10.3. The van der Waals surface area contributed by atoms with Gasteiger partial charge in [0.25, 0.3) is 0 Å². The lowest BCUT2D eigenvalue weighted by Crippen LogP contribution is -2.36. The number of nitrogens with zero attached hydrogens (tertiary/aromatic N) is 2. The Morgan fingerprint density at radius 3 is 2.74 bits per heavy atom. The van der Waals surface area contributed by atoms with Crippen LogP contribution in [0.1, 0.15) is 86.1 Å². The number of aromatic nitrogens is 1. The lowest BCUT2D eigenvalue weighted by molar-refractivity contribution is -0.142. The molecule has 1 saturated heterocycles. The van der Waals surface area contributed by atoms with Crippen LogP contribution in [0.15, 0.2) is 54.7 Å². The van der Waals surface area contributed by atoms with Gasteiger partial charge in [-0.2, -0.15) is 0 Å².